The van der Waals surface area contributed by atoms with E-state index in [1.165, 1.54) is 12.1 Å². The second kappa shape index (κ2) is 4.00. The molecule has 1 aromatic heterocycles. The molecule has 0 N–H and O–H groups in total. The Balaban J connectivity index is 2.14. The molecule has 0 aliphatic heterocycles. The Labute approximate surface area is 84.7 Å². The lowest BCUT2D eigenvalue weighted by molar-refractivity contribution is 0.109. The fraction of sp³-hybridized carbons (Fsp3) is 0.100. The van der Waals surface area contributed by atoms with Crippen molar-refractivity contribution in [1.82, 2.24) is 10.2 Å². The van der Waals surface area contributed by atoms with Crippen LogP contribution in [0.1, 0.15) is 22.1 Å². The summed E-state index contributed by atoms with van der Waals surface area (Å²) in [5.74, 6) is -0.00585. The third-order valence-electron chi connectivity index (χ3n) is 1.85. The summed E-state index contributed by atoms with van der Waals surface area (Å²) in [5.41, 5.74) is 0.845. The molecule has 76 valence electrons. The number of hydrogen-bond donors (Lipinski definition) is 0. The van der Waals surface area contributed by atoms with Gasteiger partial charge in [0.05, 0.1) is 6.42 Å². The zero-order chi connectivity index (χ0) is 10.7. The fourth-order valence-corrected chi connectivity index (χ4v) is 1.16. The topological polar surface area (TPSA) is 56.0 Å². The number of hydrogen-bond acceptors (Lipinski definition) is 4. The number of aldehydes is 1. The number of aromatic nitrogens is 2. The first-order valence-corrected chi connectivity index (χ1v) is 4.30. The van der Waals surface area contributed by atoms with E-state index >= 15 is 0 Å². The minimum atomic E-state index is -0.294. The summed E-state index contributed by atoms with van der Waals surface area (Å²) in [6, 6.07) is 5.96. The molecular weight excluding hydrogens is 199 g/mol. The standard InChI is InChI=1S/C10H7FN2O2/c11-8-3-1-7(2-4-8)5-9-12-13-10(6-14)15-9/h1-4,6H,5H2. The lowest BCUT2D eigenvalue weighted by Gasteiger charge is -1.95. The van der Waals surface area contributed by atoms with E-state index in [2.05, 4.69) is 10.2 Å². The van der Waals surface area contributed by atoms with Crippen molar-refractivity contribution in [1.29, 1.82) is 0 Å². The van der Waals surface area contributed by atoms with Crippen LogP contribution in [-0.4, -0.2) is 16.5 Å². The Morgan fingerprint density at radius 2 is 2.00 bits per heavy atom. The van der Waals surface area contributed by atoms with Crippen LogP contribution in [0.2, 0.25) is 0 Å². The van der Waals surface area contributed by atoms with Crippen molar-refractivity contribution in [2.75, 3.05) is 0 Å². The van der Waals surface area contributed by atoms with Gasteiger partial charge in [-0.2, -0.15) is 0 Å². The molecule has 0 saturated heterocycles. The molecule has 15 heavy (non-hydrogen) atoms. The third kappa shape index (κ3) is 2.25. The molecule has 0 atom stereocenters. The van der Waals surface area contributed by atoms with Crippen LogP contribution >= 0.6 is 0 Å². The van der Waals surface area contributed by atoms with Crippen molar-refractivity contribution in [2.45, 2.75) is 6.42 Å². The molecule has 0 radical (unpaired) electrons. The van der Waals surface area contributed by atoms with E-state index in [-0.39, 0.29) is 11.7 Å². The maximum absolute atomic E-state index is 12.6. The molecule has 0 aliphatic rings. The van der Waals surface area contributed by atoms with Crippen LogP contribution in [-0.2, 0) is 6.42 Å². The van der Waals surface area contributed by atoms with Crippen LogP contribution in [0.25, 0.3) is 0 Å². The molecule has 0 unspecified atom stereocenters. The molecule has 5 heteroatoms. The zero-order valence-corrected chi connectivity index (χ0v) is 7.68. The number of nitrogens with zero attached hydrogens (tertiary/aromatic N) is 2. The van der Waals surface area contributed by atoms with Gasteiger partial charge in [0.1, 0.15) is 5.82 Å². The second-order valence-electron chi connectivity index (χ2n) is 2.96. The number of benzene rings is 1. The van der Waals surface area contributed by atoms with Crippen molar-refractivity contribution < 1.29 is 13.6 Å². The van der Waals surface area contributed by atoms with Crippen molar-refractivity contribution in [3.05, 3.63) is 47.4 Å². The SMILES string of the molecule is O=Cc1nnc(Cc2ccc(F)cc2)o1. The second-order valence-corrected chi connectivity index (χ2v) is 2.96. The summed E-state index contributed by atoms with van der Waals surface area (Å²) in [5, 5.41) is 7.15. The van der Waals surface area contributed by atoms with Crippen LogP contribution in [0.3, 0.4) is 0 Å². The van der Waals surface area contributed by atoms with E-state index in [0.29, 0.717) is 18.6 Å². The predicted octanol–water partition coefficient (Wildman–Crippen LogP) is 1.61. The highest BCUT2D eigenvalue weighted by Crippen LogP contribution is 2.08. The highest BCUT2D eigenvalue weighted by Gasteiger charge is 2.05. The maximum Gasteiger partial charge on any atom is 0.280 e. The van der Waals surface area contributed by atoms with Gasteiger partial charge < -0.3 is 4.42 Å². The number of carbonyl (C=O) groups excluding carboxylic acids is 1. The summed E-state index contributed by atoms with van der Waals surface area (Å²) in [6.07, 6.45) is 0.877. The summed E-state index contributed by atoms with van der Waals surface area (Å²) < 4.78 is 17.6. The monoisotopic (exact) mass is 206 g/mol. The Morgan fingerprint density at radius 1 is 1.27 bits per heavy atom. The van der Waals surface area contributed by atoms with Gasteiger partial charge in [-0.3, -0.25) is 4.79 Å². The molecule has 1 aromatic carbocycles. The van der Waals surface area contributed by atoms with Gasteiger partial charge >= 0.3 is 0 Å². The van der Waals surface area contributed by atoms with E-state index in [1.54, 1.807) is 12.1 Å². The summed E-state index contributed by atoms with van der Waals surface area (Å²) in [4.78, 5) is 10.3. The molecular formula is C10H7FN2O2. The summed E-state index contributed by atoms with van der Waals surface area (Å²) in [7, 11) is 0. The fourth-order valence-electron chi connectivity index (χ4n) is 1.16. The Kier molecular flexibility index (Phi) is 2.53. The first-order chi connectivity index (χ1) is 7.28. The lowest BCUT2D eigenvalue weighted by atomic mass is 10.1. The van der Waals surface area contributed by atoms with E-state index in [1.807, 2.05) is 0 Å². The van der Waals surface area contributed by atoms with Crippen LogP contribution in [0, 0.1) is 5.82 Å². The highest BCUT2D eigenvalue weighted by atomic mass is 19.1. The first-order valence-electron chi connectivity index (χ1n) is 4.30. The summed E-state index contributed by atoms with van der Waals surface area (Å²) in [6.45, 7) is 0. The highest BCUT2D eigenvalue weighted by molar-refractivity contribution is 5.66. The average molecular weight is 206 g/mol. The van der Waals surface area contributed by atoms with Crippen LogP contribution in [0.5, 0.6) is 0 Å². The van der Waals surface area contributed by atoms with Crippen molar-refractivity contribution in [2.24, 2.45) is 0 Å². The zero-order valence-electron chi connectivity index (χ0n) is 7.68. The van der Waals surface area contributed by atoms with Gasteiger partial charge in [0.15, 0.2) is 0 Å². The molecule has 0 saturated carbocycles. The van der Waals surface area contributed by atoms with E-state index < -0.39 is 0 Å². The Morgan fingerprint density at radius 3 is 2.60 bits per heavy atom. The van der Waals surface area contributed by atoms with Crippen LogP contribution in [0.15, 0.2) is 28.7 Å². The minimum Gasteiger partial charge on any atom is -0.418 e. The van der Waals surface area contributed by atoms with Crippen molar-refractivity contribution >= 4 is 6.29 Å². The maximum atomic E-state index is 12.6. The quantitative estimate of drug-likeness (QED) is 0.716. The number of halogens is 1. The number of rotatable bonds is 3. The Hall–Kier alpha value is -2.04. The summed E-state index contributed by atoms with van der Waals surface area (Å²) >= 11 is 0. The van der Waals surface area contributed by atoms with Crippen LogP contribution in [0.4, 0.5) is 4.39 Å². The van der Waals surface area contributed by atoms with Gasteiger partial charge in [0, 0.05) is 0 Å². The van der Waals surface area contributed by atoms with Gasteiger partial charge in [-0.1, -0.05) is 12.1 Å². The van der Waals surface area contributed by atoms with Gasteiger partial charge in [-0.05, 0) is 17.7 Å². The van der Waals surface area contributed by atoms with Crippen LogP contribution < -0.4 is 0 Å². The molecule has 0 aliphatic carbocycles. The largest absolute Gasteiger partial charge is 0.418 e. The Bertz CT molecular complexity index is 465. The molecule has 0 spiro atoms. The van der Waals surface area contributed by atoms with Gasteiger partial charge in [0.25, 0.3) is 5.89 Å². The van der Waals surface area contributed by atoms with E-state index in [4.69, 9.17) is 4.42 Å². The van der Waals surface area contributed by atoms with Gasteiger partial charge in [-0.15, -0.1) is 10.2 Å². The third-order valence-corrected chi connectivity index (χ3v) is 1.85. The first kappa shape index (κ1) is 9.51. The van der Waals surface area contributed by atoms with Gasteiger partial charge in [0.2, 0.25) is 12.2 Å². The number of carbonyl (C=O) groups is 1. The van der Waals surface area contributed by atoms with Crippen molar-refractivity contribution in [3.63, 3.8) is 0 Å². The molecule has 2 rings (SSSR count). The molecule has 2 aromatic rings. The molecule has 1 heterocycles. The normalized spacial score (nSPS) is 10.2. The minimum absolute atomic E-state index is 0.0490. The smallest absolute Gasteiger partial charge is 0.280 e. The molecule has 4 nitrogen and oxygen atoms in total. The van der Waals surface area contributed by atoms with Gasteiger partial charge in [-0.25, -0.2) is 4.39 Å². The van der Waals surface area contributed by atoms with Crippen molar-refractivity contribution in [3.8, 4) is 0 Å². The van der Waals surface area contributed by atoms with E-state index in [0.717, 1.165) is 5.56 Å². The average Bonchev–Trinajstić information content (AvgIpc) is 2.69. The lowest BCUT2D eigenvalue weighted by Crippen LogP contribution is -1.88. The predicted molar refractivity (Wildman–Crippen MR) is 48.9 cm³/mol. The molecule has 0 amide bonds. The molecule has 0 bridgehead atoms. The molecule has 0 fully saturated rings. The van der Waals surface area contributed by atoms with E-state index in [9.17, 15) is 9.18 Å².